The summed E-state index contributed by atoms with van der Waals surface area (Å²) in [5.41, 5.74) is 3.29. The standard InChI is InChI=1S/C25H25F3N6O3/c1-3-33-22-19(34-8-9-37-13-20(34)24(33)36)12-18(31-32-22)17-11-16(5-4-14(17)2)30-23(35)15-6-7-29-21(10-15)25(26,27)28/h4-7,11-12,20-21H,3,8-10,13H2,1-2H3,(H,30,35)/t20-,21+/m1/s1. The fourth-order valence-electron chi connectivity index (χ4n) is 4.72. The lowest BCUT2D eigenvalue weighted by Gasteiger charge is -2.43. The van der Waals surface area contributed by atoms with E-state index in [1.165, 1.54) is 6.08 Å². The number of allylic oxidation sites excluding steroid dienone is 1. The second kappa shape index (κ2) is 9.58. The number of hydrogen-bond acceptors (Lipinski definition) is 7. The van der Waals surface area contributed by atoms with E-state index in [4.69, 9.17) is 4.74 Å². The third-order valence-electron chi connectivity index (χ3n) is 6.71. The minimum absolute atomic E-state index is 0.00398. The number of likely N-dealkylation sites (N-methyl/N-ethyl adjacent to an activating group) is 1. The first kappa shape index (κ1) is 24.9. The predicted molar refractivity (Wildman–Crippen MR) is 132 cm³/mol. The molecule has 0 spiro atoms. The van der Waals surface area contributed by atoms with Crippen LogP contribution in [0.25, 0.3) is 11.3 Å². The van der Waals surface area contributed by atoms with Crippen molar-refractivity contribution in [3.8, 4) is 11.3 Å². The van der Waals surface area contributed by atoms with Gasteiger partial charge in [-0.3, -0.25) is 19.5 Å². The van der Waals surface area contributed by atoms with Gasteiger partial charge in [0.25, 0.3) is 11.8 Å². The molecule has 2 amide bonds. The highest BCUT2D eigenvalue weighted by molar-refractivity contribution is 6.07. The second-order valence-electron chi connectivity index (χ2n) is 9.04. The fourth-order valence-corrected chi connectivity index (χ4v) is 4.72. The highest BCUT2D eigenvalue weighted by Gasteiger charge is 2.42. The lowest BCUT2D eigenvalue weighted by atomic mass is 10.0. The second-order valence-corrected chi connectivity index (χ2v) is 9.04. The summed E-state index contributed by atoms with van der Waals surface area (Å²) in [5.74, 6) is -0.214. The summed E-state index contributed by atoms with van der Waals surface area (Å²) in [7, 11) is 0. The van der Waals surface area contributed by atoms with Gasteiger partial charge in [-0.05, 0) is 43.7 Å². The minimum Gasteiger partial charge on any atom is -0.377 e. The topological polar surface area (TPSA) is 100 Å². The number of dihydropyridines is 1. The number of halogens is 3. The van der Waals surface area contributed by atoms with Gasteiger partial charge < -0.3 is 15.0 Å². The molecule has 194 valence electrons. The summed E-state index contributed by atoms with van der Waals surface area (Å²) in [5, 5.41) is 11.4. The highest BCUT2D eigenvalue weighted by atomic mass is 19.4. The van der Waals surface area contributed by atoms with Gasteiger partial charge in [-0.2, -0.15) is 13.2 Å². The molecule has 0 saturated carbocycles. The summed E-state index contributed by atoms with van der Waals surface area (Å²) in [6, 6.07) is 4.69. The van der Waals surface area contributed by atoms with Crippen molar-refractivity contribution in [3.05, 3.63) is 41.5 Å². The summed E-state index contributed by atoms with van der Waals surface area (Å²) in [4.78, 5) is 32.7. The van der Waals surface area contributed by atoms with Crippen LogP contribution in [0.3, 0.4) is 0 Å². The number of carbonyl (C=O) groups is 2. The molecule has 3 aliphatic heterocycles. The summed E-state index contributed by atoms with van der Waals surface area (Å²) < 4.78 is 44.7. The molecule has 12 heteroatoms. The number of aliphatic imine (C=N–C) groups is 1. The van der Waals surface area contributed by atoms with Gasteiger partial charge in [0.1, 0.15) is 12.1 Å². The number of nitrogens with one attached hydrogen (secondary N) is 1. The average Bonchev–Trinajstić information content (AvgIpc) is 2.89. The molecule has 0 bridgehead atoms. The van der Waals surface area contributed by atoms with E-state index < -0.39 is 30.6 Å². The van der Waals surface area contributed by atoms with E-state index >= 15 is 0 Å². The molecule has 37 heavy (non-hydrogen) atoms. The smallest absolute Gasteiger partial charge is 0.377 e. The van der Waals surface area contributed by atoms with E-state index in [1.54, 1.807) is 23.1 Å². The number of aromatic nitrogens is 2. The maximum absolute atomic E-state index is 13.1. The van der Waals surface area contributed by atoms with Crippen LogP contribution in [-0.2, 0) is 14.3 Å². The van der Waals surface area contributed by atoms with Gasteiger partial charge in [-0.25, -0.2) is 0 Å². The zero-order valence-corrected chi connectivity index (χ0v) is 20.2. The largest absolute Gasteiger partial charge is 0.411 e. The van der Waals surface area contributed by atoms with E-state index in [2.05, 4.69) is 20.5 Å². The Balaban J connectivity index is 1.43. The predicted octanol–water partition coefficient (Wildman–Crippen LogP) is 3.29. The molecule has 4 heterocycles. The molecule has 0 unspecified atom stereocenters. The average molecular weight is 515 g/mol. The van der Waals surface area contributed by atoms with Gasteiger partial charge in [-0.1, -0.05) is 6.07 Å². The Labute approximate surface area is 211 Å². The molecule has 2 aromatic rings. The zero-order valence-electron chi connectivity index (χ0n) is 20.2. The molecule has 1 N–H and O–H groups in total. The Hall–Kier alpha value is -3.80. The Morgan fingerprint density at radius 2 is 2.05 bits per heavy atom. The number of hydrogen-bond donors (Lipinski definition) is 1. The third kappa shape index (κ3) is 4.68. The number of rotatable bonds is 4. The number of anilines is 3. The number of morpholine rings is 1. The van der Waals surface area contributed by atoms with Crippen LogP contribution >= 0.6 is 0 Å². The van der Waals surface area contributed by atoms with Crippen LogP contribution in [0.1, 0.15) is 18.9 Å². The van der Waals surface area contributed by atoms with Gasteiger partial charge in [0, 0.05) is 42.5 Å². The van der Waals surface area contributed by atoms with Crippen molar-refractivity contribution in [1.82, 2.24) is 10.2 Å². The summed E-state index contributed by atoms with van der Waals surface area (Å²) in [6.07, 6.45) is -2.73. The van der Waals surface area contributed by atoms with Crippen LogP contribution in [0.4, 0.5) is 30.4 Å². The van der Waals surface area contributed by atoms with E-state index in [0.717, 1.165) is 17.5 Å². The zero-order chi connectivity index (χ0) is 26.3. The molecule has 0 radical (unpaired) electrons. The number of aryl methyl sites for hydroxylation is 1. The van der Waals surface area contributed by atoms with Gasteiger partial charge in [-0.15, -0.1) is 10.2 Å². The molecule has 5 rings (SSSR count). The van der Waals surface area contributed by atoms with Crippen LogP contribution in [0, 0.1) is 6.92 Å². The molecule has 9 nitrogen and oxygen atoms in total. The van der Waals surface area contributed by atoms with Crippen molar-refractivity contribution >= 4 is 35.2 Å². The first-order valence-corrected chi connectivity index (χ1v) is 11.9. The van der Waals surface area contributed by atoms with Crippen LogP contribution in [0.15, 0.2) is 40.9 Å². The normalized spacial score (nSPS) is 21.3. The fraction of sp³-hybridized carbons (Fsp3) is 0.400. The van der Waals surface area contributed by atoms with Crippen LogP contribution in [-0.4, -0.2) is 72.8 Å². The molecule has 0 aliphatic carbocycles. The van der Waals surface area contributed by atoms with Crippen molar-refractivity contribution in [2.75, 3.05) is 41.4 Å². The Kier molecular flexibility index (Phi) is 6.44. The molecule has 3 aliphatic rings. The SMILES string of the molecule is CCN1C(=O)[C@H]2COCCN2c2cc(-c3cc(NC(=O)C4=CC=N[C@H](C(F)(F)F)C4)ccc3C)nnc21. The Morgan fingerprint density at radius 3 is 2.81 bits per heavy atom. The third-order valence-corrected chi connectivity index (χ3v) is 6.71. The van der Waals surface area contributed by atoms with Crippen molar-refractivity contribution < 1.29 is 27.5 Å². The van der Waals surface area contributed by atoms with Crippen LogP contribution in [0.5, 0.6) is 0 Å². The first-order valence-electron chi connectivity index (χ1n) is 11.9. The van der Waals surface area contributed by atoms with E-state index in [0.29, 0.717) is 49.1 Å². The van der Waals surface area contributed by atoms with Crippen molar-refractivity contribution in [2.24, 2.45) is 4.99 Å². The number of amides is 2. The lowest BCUT2D eigenvalue weighted by molar-refractivity contribution is -0.146. The molecular formula is C25H25F3N6O3. The number of ether oxygens (including phenoxy) is 1. The number of carbonyl (C=O) groups excluding carboxylic acids is 2. The van der Waals surface area contributed by atoms with Crippen molar-refractivity contribution in [1.29, 1.82) is 0 Å². The molecule has 1 aromatic heterocycles. The molecule has 2 atom stereocenters. The van der Waals surface area contributed by atoms with Crippen molar-refractivity contribution in [2.45, 2.75) is 38.5 Å². The summed E-state index contributed by atoms with van der Waals surface area (Å²) in [6.45, 7) is 5.53. The maximum atomic E-state index is 13.1. The Bertz CT molecular complexity index is 1310. The van der Waals surface area contributed by atoms with Gasteiger partial charge >= 0.3 is 6.18 Å². The number of benzene rings is 1. The van der Waals surface area contributed by atoms with Gasteiger partial charge in [0.15, 0.2) is 5.82 Å². The molecule has 1 saturated heterocycles. The number of nitrogens with zero attached hydrogens (tertiary/aromatic N) is 5. The monoisotopic (exact) mass is 514 g/mol. The maximum Gasteiger partial charge on any atom is 0.411 e. The quantitative estimate of drug-likeness (QED) is 0.672. The van der Waals surface area contributed by atoms with Gasteiger partial charge in [0.2, 0.25) is 0 Å². The van der Waals surface area contributed by atoms with Gasteiger partial charge in [0.05, 0.1) is 24.6 Å². The summed E-state index contributed by atoms with van der Waals surface area (Å²) >= 11 is 0. The molecule has 1 aromatic carbocycles. The highest BCUT2D eigenvalue weighted by Crippen LogP contribution is 2.38. The number of alkyl halides is 3. The number of fused-ring (bicyclic) bond motifs is 3. The van der Waals surface area contributed by atoms with Crippen molar-refractivity contribution in [3.63, 3.8) is 0 Å². The lowest BCUT2D eigenvalue weighted by Crippen LogP contribution is -2.59. The molecular weight excluding hydrogens is 489 g/mol. The van der Waals surface area contributed by atoms with Crippen LogP contribution < -0.4 is 15.1 Å². The van der Waals surface area contributed by atoms with E-state index in [9.17, 15) is 22.8 Å². The van der Waals surface area contributed by atoms with E-state index in [1.807, 2.05) is 24.8 Å². The van der Waals surface area contributed by atoms with Crippen LogP contribution in [0.2, 0.25) is 0 Å². The molecule has 1 fully saturated rings. The minimum atomic E-state index is -4.52. The Morgan fingerprint density at radius 1 is 1.24 bits per heavy atom. The van der Waals surface area contributed by atoms with E-state index in [-0.39, 0.29) is 11.5 Å². The first-order chi connectivity index (χ1) is 17.7.